The van der Waals surface area contributed by atoms with E-state index in [2.05, 4.69) is 4.90 Å². The molecule has 3 saturated heterocycles. The predicted molar refractivity (Wildman–Crippen MR) is 77.6 cm³/mol. The first kappa shape index (κ1) is 14.8. The zero-order chi connectivity index (χ0) is 15.0. The molecule has 3 aliphatic rings. The van der Waals surface area contributed by atoms with E-state index >= 15 is 0 Å². The normalized spacial score (nSPS) is 32.3. The average Bonchev–Trinajstić information content (AvgIpc) is 3.14. The molecule has 118 valence electrons. The van der Waals surface area contributed by atoms with E-state index < -0.39 is 0 Å². The summed E-state index contributed by atoms with van der Waals surface area (Å²) in [6.07, 6.45) is 0.827. The summed E-state index contributed by atoms with van der Waals surface area (Å²) in [5, 5.41) is 0. The van der Waals surface area contributed by atoms with Gasteiger partial charge in [0.1, 0.15) is 0 Å². The van der Waals surface area contributed by atoms with Gasteiger partial charge in [0.05, 0.1) is 18.4 Å². The highest BCUT2D eigenvalue weighted by atomic mass is 16.5. The van der Waals surface area contributed by atoms with E-state index in [1.165, 1.54) is 0 Å². The third-order valence-corrected chi connectivity index (χ3v) is 4.93. The lowest BCUT2D eigenvalue weighted by Crippen LogP contribution is -2.40. The number of fused-ring (bicyclic) bond motifs is 1. The second-order valence-corrected chi connectivity index (χ2v) is 6.76. The van der Waals surface area contributed by atoms with Crippen molar-refractivity contribution in [2.75, 3.05) is 60.0 Å². The monoisotopic (exact) mass is 295 g/mol. The summed E-state index contributed by atoms with van der Waals surface area (Å²) in [5.41, 5.74) is 0. The topological polar surface area (TPSA) is 53.1 Å². The lowest BCUT2D eigenvalue weighted by Gasteiger charge is -2.24. The molecule has 3 atom stereocenters. The molecule has 0 aromatic rings. The quantitative estimate of drug-likeness (QED) is 0.702. The number of ether oxygens (including phenoxy) is 1. The predicted octanol–water partition coefficient (Wildman–Crippen LogP) is -0.499. The molecule has 0 saturated carbocycles. The van der Waals surface area contributed by atoms with Crippen LogP contribution in [0.4, 0.5) is 0 Å². The molecule has 3 heterocycles. The number of hydrogen-bond donors (Lipinski definition) is 0. The van der Waals surface area contributed by atoms with Gasteiger partial charge in [-0.05, 0) is 20.5 Å². The number of nitrogens with zero attached hydrogens (tertiary/aromatic N) is 3. The second-order valence-electron chi connectivity index (χ2n) is 6.76. The van der Waals surface area contributed by atoms with Gasteiger partial charge in [0.2, 0.25) is 11.8 Å². The minimum absolute atomic E-state index is 0.0174. The molecular formula is C15H25N3O3. The summed E-state index contributed by atoms with van der Waals surface area (Å²) in [6.45, 7) is 5.09. The van der Waals surface area contributed by atoms with Crippen LogP contribution >= 0.6 is 0 Å². The fraction of sp³-hybridized carbons (Fsp3) is 0.867. The average molecular weight is 295 g/mol. The Labute approximate surface area is 126 Å². The molecular weight excluding hydrogens is 270 g/mol. The van der Waals surface area contributed by atoms with E-state index in [-0.39, 0.29) is 23.7 Å². The Kier molecular flexibility index (Phi) is 4.17. The highest BCUT2D eigenvalue weighted by Gasteiger charge is 2.48. The number of amides is 2. The van der Waals surface area contributed by atoms with Crippen molar-refractivity contribution in [1.82, 2.24) is 14.7 Å². The van der Waals surface area contributed by atoms with Crippen molar-refractivity contribution in [1.29, 1.82) is 0 Å². The summed E-state index contributed by atoms with van der Waals surface area (Å²) in [6, 6.07) is 0. The molecule has 3 aliphatic heterocycles. The van der Waals surface area contributed by atoms with Crippen LogP contribution in [-0.4, -0.2) is 86.5 Å². The van der Waals surface area contributed by atoms with E-state index in [1.54, 1.807) is 0 Å². The molecule has 6 nitrogen and oxygen atoms in total. The summed E-state index contributed by atoms with van der Waals surface area (Å²) in [4.78, 5) is 30.8. The van der Waals surface area contributed by atoms with Crippen LogP contribution in [0.2, 0.25) is 0 Å². The zero-order valence-electron chi connectivity index (χ0n) is 13.0. The molecule has 1 unspecified atom stereocenters. The van der Waals surface area contributed by atoms with Gasteiger partial charge in [-0.25, -0.2) is 0 Å². The molecule has 0 N–H and O–H groups in total. The first-order valence-electron chi connectivity index (χ1n) is 7.86. The molecule has 0 aromatic carbocycles. The van der Waals surface area contributed by atoms with Crippen molar-refractivity contribution in [3.05, 3.63) is 0 Å². The molecule has 6 heteroatoms. The van der Waals surface area contributed by atoms with E-state index in [0.29, 0.717) is 25.7 Å². The van der Waals surface area contributed by atoms with Crippen LogP contribution in [0.3, 0.4) is 0 Å². The first-order chi connectivity index (χ1) is 10.1. The maximum atomic E-state index is 12.4. The Morgan fingerprint density at radius 1 is 1.33 bits per heavy atom. The molecule has 3 rings (SSSR count). The molecule has 2 amide bonds. The summed E-state index contributed by atoms with van der Waals surface area (Å²) in [5.74, 6) is 0.794. The van der Waals surface area contributed by atoms with Gasteiger partial charge in [-0.1, -0.05) is 0 Å². The fourth-order valence-corrected chi connectivity index (χ4v) is 3.63. The second kappa shape index (κ2) is 5.93. The molecule has 0 spiro atoms. The molecule has 0 aromatic heterocycles. The van der Waals surface area contributed by atoms with E-state index in [4.69, 9.17) is 4.74 Å². The van der Waals surface area contributed by atoms with E-state index in [9.17, 15) is 9.59 Å². The van der Waals surface area contributed by atoms with Gasteiger partial charge in [-0.2, -0.15) is 0 Å². The molecule has 21 heavy (non-hydrogen) atoms. The Hall–Kier alpha value is -1.14. The number of hydrogen-bond acceptors (Lipinski definition) is 4. The third-order valence-electron chi connectivity index (χ3n) is 4.93. The van der Waals surface area contributed by atoms with Crippen molar-refractivity contribution in [3.63, 3.8) is 0 Å². The molecule has 3 fully saturated rings. The Morgan fingerprint density at radius 3 is 2.76 bits per heavy atom. The summed E-state index contributed by atoms with van der Waals surface area (Å²) < 4.78 is 5.30. The van der Waals surface area contributed by atoms with Crippen molar-refractivity contribution in [3.8, 4) is 0 Å². The number of likely N-dealkylation sites (tertiary alicyclic amines) is 2. The van der Waals surface area contributed by atoms with Crippen molar-refractivity contribution >= 4 is 11.8 Å². The number of rotatable bonds is 4. The van der Waals surface area contributed by atoms with E-state index in [0.717, 1.165) is 32.6 Å². The highest BCUT2D eigenvalue weighted by molar-refractivity contribution is 5.85. The molecule has 0 bridgehead atoms. The number of carbonyl (C=O) groups excluding carboxylic acids is 2. The van der Waals surface area contributed by atoms with Gasteiger partial charge in [0.15, 0.2) is 0 Å². The Morgan fingerprint density at radius 2 is 2.14 bits per heavy atom. The van der Waals surface area contributed by atoms with Crippen LogP contribution in [0.1, 0.15) is 6.42 Å². The fourth-order valence-electron chi connectivity index (χ4n) is 3.63. The van der Waals surface area contributed by atoms with Gasteiger partial charge >= 0.3 is 0 Å². The van der Waals surface area contributed by atoms with Crippen LogP contribution < -0.4 is 0 Å². The Balaban J connectivity index is 1.54. The van der Waals surface area contributed by atoms with Gasteiger partial charge in [0.25, 0.3) is 0 Å². The summed E-state index contributed by atoms with van der Waals surface area (Å²) >= 11 is 0. The lowest BCUT2D eigenvalue weighted by molar-refractivity contribution is -0.136. The van der Waals surface area contributed by atoms with Crippen molar-refractivity contribution in [2.45, 2.75) is 6.42 Å². The van der Waals surface area contributed by atoms with Gasteiger partial charge < -0.3 is 19.4 Å². The van der Waals surface area contributed by atoms with Crippen LogP contribution in [0.5, 0.6) is 0 Å². The van der Waals surface area contributed by atoms with Crippen LogP contribution in [0.25, 0.3) is 0 Å². The lowest BCUT2D eigenvalue weighted by atomic mass is 10.0. The highest BCUT2D eigenvalue weighted by Crippen LogP contribution is 2.33. The van der Waals surface area contributed by atoms with Crippen molar-refractivity contribution < 1.29 is 14.3 Å². The third kappa shape index (κ3) is 2.92. The minimum atomic E-state index is 0.0174. The maximum Gasteiger partial charge on any atom is 0.228 e. The maximum absolute atomic E-state index is 12.4. The van der Waals surface area contributed by atoms with Gasteiger partial charge in [-0.3, -0.25) is 9.59 Å². The standard InChI is InChI=1S/C15H25N3O3/c1-16(2)4-5-17-7-12-8-18(9-13(12)15(17)20)14(19)11-3-6-21-10-11/h11-13H,3-10H2,1-2H3/t11?,12-,13-/m1/s1. The SMILES string of the molecule is CN(C)CCN1C[C@@H]2CN(C(=O)C3CCOC3)C[C@H]2C1=O. The summed E-state index contributed by atoms with van der Waals surface area (Å²) in [7, 11) is 4.04. The number of likely N-dealkylation sites (N-methyl/N-ethyl adjacent to an activating group) is 1. The van der Waals surface area contributed by atoms with Crippen LogP contribution in [0, 0.1) is 17.8 Å². The van der Waals surface area contributed by atoms with E-state index in [1.807, 2.05) is 23.9 Å². The van der Waals surface area contributed by atoms with Crippen LogP contribution in [0.15, 0.2) is 0 Å². The van der Waals surface area contributed by atoms with Gasteiger partial charge in [-0.15, -0.1) is 0 Å². The Bertz CT molecular complexity index is 420. The first-order valence-corrected chi connectivity index (χ1v) is 7.86. The van der Waals surface area contributed by atoms with Gasteiger partial charge in [0, 0.05) is 45.2 Å². The largest absolute Gasteiger partial charge is 0.381 e. The van der Waals surface area contributed by atoms with Crippen molar-refractivity contribution in [2.24, 2.45) is 17.8 Å². The molecule has 0 radical (unpaired) electrons. The van der Waals surface area contributed by atoms with Crippen LogP contribution in [-0.2, 0) is 14.3 Å². The number of carbonyl (C=O) groups is 2. The zero-order valence-corrected chi connectivity index (χ0v) is 13.0. The smallest absolute Gasteiger partial charge is 0.228 e. The molecule has 0 aliphatic carbocycles. The minimum Gasteiger partial charge on any atom is -0.381 e.